The summed E-state index contributed by atoms with van der Waals surface area (Å²) in [5.41, 5.74) is 6.65. The number of aromatic nitrogens is 3. The normalized spacial score (nSPS) is 11.6. The summed E-state index contributed by atoms with van der Waals surface area (Å²) < 4.78 is 1.62. The fraction of sp³-hybridized carbons (Fsp3) is 0.250. The van der Waals surface area contributed by atoms with Gasteiger partial charge in [0.1, 0.15) is 5.82 Å². The van der Waals surface area contributed by atoms with E-state index in [1.165, 1.54) is 6.20 Å². The maximum absolute atomic E-state index is 5.57. The Balaban J connectivity index is 2.75. The molecule has 1 heterocycles. The first-order valence-electron chi connectivity index (χ1n) is 3.69. The number of hydrogen-bond acceptors (Lipinski definition) is 3. The van der Waals surface area contributed by atoms with Crippen molar-refractivity contribution in [2.75, 3.05) is 5.73 Å². The molecule has 0 unspecified atom stereocenters. The number of rotatable bonds is 3. The molecule has 0 saturated carbocycles. The van der Waals surface area contributed by atoms with Gasteiger partial charge in [-0.1, -0.05) is 23.9 Å². The third-order valence-electron chi connectivity index (χ3n) is 1.61. The highest BCUT2D eigenvalue weighted by Gasteiger charge is 1.98. The molecule has 64 valence electrons. The lowest BCUT2D eigenvalue weighted by Gasteiger charge is -2.01. The Hall–Kier alpha value is -1.58. The van der Waals surface area contributed by atoms with Crippen molar-refractivity contribution in [3.63, 3.8) is 0 Å². The molecule has 0 aliphatic heterocycles. The molecule has 0 fully saturated rings. The summed E-state index contributed by atoms with van der Waals surface area (Å²) in [7, 11) is 0. The van der Waals surface area contributed by atoms with E-state index in [1.54, 1.807) is 10.8 Å². The zero-order valence-corrected chi connectivity index (χ0v) is 7.07. The summed E-state index contributed by atoms with van der Waals surface area (Å²) in [6, 6.07) is 0. The third-order valence-corrected chi connectivity index (χ3v) is 1.61. The van der Waals surface area contributed by atoms with Crippen molar-refractivity contribution in [3.05, 3.63) is 30.5 Å². The van der Waals surface area contributed by atoms with E-state index in [4.69, 9.17) is 5.73 Å². The molecule has 0 atom stereocenters. The van der Waals surface area contributed by atoms with Crippen molar-refractivity contribution in [3.8, 4) is 0 Å². The minimum atomic E-state index is 0.566. The smallest absolute Gasteiger partial charge is 0.142 e. The lowest BCUT2D eigenvalue weighted by atomic mass is 10.2. The quantitative estimate of drug-likeness (QED) is 0.678. The van der Waals surface area contributed by atoms with Crippen molar-refractivity contribution in [2.24, 2.45) is 0 Å². The highest BCUT2D eigenvalue weighted by Crippen LogP contribution is 2.03. The summed E-state index contributed by atoms with van der Waals surface area (Å²) in [6.07, 6.45) is 5.27. The Morgan fingerprint density at radius 3 is 3.00 bits per heavy atom. The summed E-state index contributed by atoms with van der Waals surface area (Å²) in [5.74, 6) is 0.566. The topological polar surface area (TPSA) is 56.7 Å². The van der Waals surface area contributed by atoms with Crippen LogP contribution >= 0.6 is 0 Å². The average molecular weight is 164 g/mol. The Labute approximate surface area is 71.4 Å². The highest BCUT2D eigenvalue weighted by molar-refractivity contribution is 5.25. The van der Waals surface area contributed by atoms with Gasteiger partial charge in [0.2, 0.25) is 0 Å². The second-order valence-electron chi connectivity index (χ2n) is 2.38. The Bertz CT molecular complexity index is 298. The van der Waals surface area contributed by atoms with Crippen LogP contribution in [-0.2, 0) is 6.54 Å². The second kappa shape index (κ2) is 3.71. The van der Waals surface area contributed by atoms with Crippen LogP contribution in [0.25, 0.3) is 0 Å². The van der Waals surface area contributed by atoms with E-state index in [1.807, 2.05) is 13.0 Å². The van der Waals surface area contributed by atoms with Crippen molar-refractivity contribution < 1.29 is 0 Å². The summed E-state index contributed by atoms with van der Waals surface area (Å²) in [6.45, 7) is 6.25. The van der Waals surface area contributed by atoms with Gasteiger partial charge < -0.3 is 5.73 Å². The van der Waals surface area contributed by atoms with E-state index in [9.17, 15) is 0 Å². The van der Waals surface area contributed by atoms with E-state index < -0.39 is 0 Å². The number of anilines is 1. The molecule has 0 saturated heterocycles. The Kier molecular flexibility index (Phi) is 2.63. The number of hydrogen-bond donors (Lipinski definition) is 1. The van der Waals surface area contributed by atoms with Gasteiger partial charge in [-0.25, -0.2) is 4.68 Å². The van der Waals surface area contributed by atoms with E-state index in [2.05, 4.69) is 16.9 Å². The molecule has 2 N–H and O–H groups in total. The maximum atomic E-state index is 5.57. The van der Waals surface area contributed by atoms with Crippen molar-refractivity contribution >= 4 is 5.82 Å². The van der Waals surface area contributed by atoms with Gasteiger partial charge in [-0.2, -0.15) is 0 Å². The predicted octanol–water partition coefficient (Wildman–Crippen LogP) is 0.993. The zero-order valence-electron chi connectivity index (χ0n) is 7.07. The molecule has 12 heavy (non-hydrogen) atoms. The predicted molar refractivity (Wildman–Crippen MR) is 48.4 cm³/mol. The van der Waals surface area contributed by atoms with Crippen molar-refractivity contribution in [2.45, 2.75) is 13.5 Å². The average Bonchev–Trinajstić information content (AvgIpc) is 2.47. The van der Waals surface area contributed by atoms with Crippen LogP contribution in [0.15, 0.2) is 30.5 Å². The van der Waals surface area contributed by atoms with Crippen molar-refractivity contribution in [1.29, 1.82) is 0 Å². The minimum absolute atomic E-state index is 0.566. The molecule has 0 aliphatic rings. The number of nitrogens with two attached hydrogens (primary N) is 1. The van der Waals surface area contributed by atoms with Gasteiger partial charge in [-0.3, -0.25) is 0 Å². The first kappa shape index (κ1) is 8.52. The molecular weight excluding hydrogens is 152 g/mol. The van der Waals surface area contributed by atoms with Crippen LogP contribution in [0.4, 0.5) is 5.82 Å². The van der Waals surface area contributed by atoms with Crippen LogP contribution < -0.4 is 5.73 Å². The molecule has 0 amide bonds. The van der Waals surface area contributed by atoms with Crippen LogP contribution in [-0.4, -0.2) is 15.0 Å². The first-order chi connectivity index (χ1) is 5.77. The van der Waals surface area contributed by atoms with Crippen LogP contribution in [0.3, 0.4) is 0 Å². The fourth-order valence-corrected chi connectivity index (χ4v) is 0.835. The zero-order chi connectivity index (χ0) is 8.97. The lowest BCUT2D eigenvalue weighted by molar-refractivity contribution is 0.656. The second-order valence-corrected chi connectivity index (χ2v) is 2.38. The van der Waals surface area contributed by atoms with E-state index in [0.29, 0.717) is 12.4 Å². The monoisotopic (exact) mass is 164 g/mol. The van der Waals surface area contributed by atoms with E-state index >= 15 is 0 Å². The summed E-state index contributed by atoms with van der Waals surface area (Å²) in [5, 5.41) is 7.47. The Morgan fingerprint density at radius 2 is 2.58 bits per heavy atom. The molecule has 1 rings (SSSR count). The molecule has 0 aliphatic carbocycles. The van der Waals surface area contributed by atoms with E-state index in [0.717, 1.165) is 5.57 Å². The lowest BCUT2D eigenvalue weighted by Crippen LogP contribution is -2.05. The largest absolute Gasteiger partial charge is 0.383 e. The molecule has 0 bridgehead atoms. The molecule has 0 radical (unpaired) electrons. The van der Waals surface area contributed by atoms with Crippen LogP contribution in [0.2, 0.25) is 0 Å². The van der Waals surface area contributed by atoms with Crippen LogP contribution in [0.1, 0.15) is 6.92 Å². The third kappa shape index (κ3) is 1.72. The first-order valence-corrected chi connectivity index (χ1v) is 3.69. The molecule has 4 nitrogen and oxygen atoms in total. The maximum Gasteiger partial charge on any atom is 0.142 e. The van der Waals surface area contributed by atoms with Crippen LogP contribution in [0.5, 0.6) is 0 Å². The SMILES string of the molecule is C=CC(=CC)Cn1nncc1N. The van der Waals surface area contributed by atoms with Crippen molar-refractivity contribution in [1.82, 2.24) is 15.0 Å². The fourth-order valence-electron chi connectivity index (χ4n) is 0.835. The number of allylic oxidation sites excluding steroid dienone is 3. The molecule has 1 aromatic rings. The Morgan fingerprint density at radius 1 is 1.83 bits per heavy atom. The van der Waals surface area contributed by atoms with Gasteiger partial charge in [0, 0.05) is 0 Å². The van der Waals surface area contributed by atoms with Gasteiger partial charge in [0.15, 0.2) is 0 Å². The number of nitrogen functional groups attached to an aromatic ring is 1. The van der Waals surface area contributed by atoms with Gasteiger partial charge in [0.25, 0.3) is 0 Å². The van der Waals surface area contributed by atoms with Gasteiger partial charge in [0.05, 0.1) is 12.7 Å². The molecular formula is C8H12N4. The van der Waals surface area contributed by atoms with Gasteiger partial charge in [-0.05, 0) is 12.5 Å². The standard InChI is InChI=1S/C8H12N4/c1-3-7(4-2)6-12-8(9)5-10-11-12/h3-5H,1,6,9H2,2H3. The molecule has 4 heteroatoms. The minimum Gasteiger partial charge on any atom is -0.383 e. The summed E-state index contributed by atoms with van der Waals surface area (Å²) >= 11 is 0. The van der Waals surface area contributed by atoms with E-state index in [-0.39, 0.29) is 0 Å². The molecule has 1 aromatic heterocycles. The highest BCUT2D eigenvalue weighted by atomic mass is 15.4. The molecule has 0 aromatic carbocycles. The van der Waals surface area contributed by atoms with Gasteiger partial charge >= 0.3 is 0 Å². The van der Waals surface area contributed by atoms with Gasteiger partial charge in [-0.15, -0.1) is 5.10 Å². The summed E-state index contributed by atoms with van der Waals surface area (Å²) in [4.78, 5) is 0. The number of nitrogens with zero attached hydrogens (tertiary/aromatic N) is 3. The molecule has 0 spiro atoms. The van der Waals surface area contributed by atoms with Crippen LogP contribution in [0, 0.1) is 0 Å².